The van der Waals surface area contributed by atoms with Gasteiger partial charge in [-0.25, -0.2) is 0 Å². The highest BCUT2D eigenvalue weighted by molar-refractivity contribution is 5.35. The predicted molar refractivity (Wildman–Crippen MR) is 79.4 cm³/mol. The van der Waals surface area contributed by atoms with Gasteiger partial charge in [-0.3, -0.25) is 0 Å². The van der Waals surface area contributed by atoms with Crippen LogP contribution in [0, 0.1) is 0 Å². The SMILES string of the molecule is N[C@@H]1CCCC[C@@H]1c1nc(Cc2ccccc2OC(F)F)no1. The fourth-order valence-corrected chi connectivity index (χ4v) is 2.99. The molecule has 0 amide bonds. The summed E-state index contributed by atoms with van der Waals surface area (Å²) in [6, 6.07) is 6.64. The highest BCUT2D eigenvalue weighted by Crippen LogP contribution is 2.31. The van der Waals surface area contributed by atoms with Gasteiger partial charge in [-0.15, -0.1) is 0 Å². The average Bonchev–Trinajstić information content (AvgIpc) is 2.97. The van der Waals surface area contributed by atoms with Crippen molar-refractivity contribution in [3.63, 3.8) is 0 Å². The first kappa shape index (κ1) is 15.9. The second kappa shape index (κ2) is 7.04. The van der Waals surface area contributed by atoms with Crippen LogP contribution in [-0.2, 0) is 6.42 Å². The van der Waals surface area contributed by atoms with Crippen LogP contribution in [0.5, 0.6) is 5.75 Å². The Morgan fingerprint density at radius 1 is 1.26 bits per heavy atom. The minimum atomic E-state index is -2.86. The van der Waals surface area contributed by atoms with Crippen molar-refractivity contribution in [1.82, 2.24) is 10.1 Å². The lowest BCUT2D eigenvalue weighted by Gasteiger charge is -2.25. The number of nitrogens with zero attached hydrogens (tertiary/aromatic N) is 2. The van der Waals surface area contributed by atoms with Crippen molar-refractivity contribution >= 4 is 0 Å². The maximum atomic E-state index is 12.4. The molecule has 3 rings (SSSR count). The molecule has 1 heterocycles. The van der Waals surface area contributed by atoms with E-state index >= 15 is 0 Å². The maximum Gasteiger partial charge on any atom is 0.387 e. The van der Waals surface area contributed by atoms with Gasteiger partial charge < -0.3 is 15.0 Å². The quantitative estimate of drug-likeness (QED) is 0.914. The zero-order valence-electron chi connectivity index (χ0n) is 12.6. The molecule has 124 valence electrons. The number of hydrogen-bond acceptors (Lipinski definition) is 5. The van der Waals surface area contributed by atoms with Crippen molar-refractivity contribution in [3.05, 3.63) is 41.5 Å². The summed E-state index contributed by atoms with van der Waals surface area (Å²) in [6.45, 7) is -2.86. The van der Waals surface area contributed by atoms with Crippen LogP contribution >= 0.6 is 0 Å². The van der Waals surface area contributed by atoms with Gasteiger partial charge in [-0.05, 0) is 18.9 Å². The molecule has 2 atom stereocenters. The Bertz CT molecular complexity index is 648. The summed E-state index contributed by atoms with van der Waals surface area (Å²) in [4.78, 5) is 4.40. The molecule has 2 aromatic rings. The van der Waals surface area contributed by atoms with Gasteiger partial charge in [0.15, 0.2) is 5.82 Å². The fourth-order valence-electron chi connectivity index (χ4n) is 2.99. The Labute approximate surface area is 132 Å². The molecule has 0 bridgehead atoms. The molecule has 1 aliphatic carbocycles. The van der Waals surface area contributed by atoms with Crippen molar-refractivity contribution in [1.29, 1.82) is 0 Å². The largest absolute Gasteiger partial charge is 0.435 e. The van der Waals surface area contributed by atoms with Gasteiger partial charge in [-0.1, -0.05) is 36.2 Å². The molecule has 7 heteroatoms. The summed E-state index contributed by atoms with van der Waals surface area (Å²) >= 11 is 0. The Morgan fingerprint density at radius 3 is 2.83 bits per heavy atom. The van der Waals surface area contributed by atoms with E-state index in [0.717, 1.165) is 25.7 Å². The second-order valence-corrected chi connectivity index (χ2v) is 5.77. The predicted octanol–water partition coefficient (Wildman–Crippen LogP) is 3.25. The number of rotatable bonds is 5. The minimum Gasteiger partial charge on any atom is -0.435 e. The van der Waals surface area contributed by atoms with Crippen LogP contribution < -0.4 is 10.5 Å². The summed E-state index contributed by atoms with van der Waals surface area (Å²) in [6.07, 6.45) is 4.38. The van der Waals surface area contributed by atoms with E-state index in [4.69, 9.17) is 10.3 Å². The Morgan fingerprint density at radius 2 is 2.04 bits per heavy atom. The van der Waals surface area contributed by atoms with Crippen LogP contribution in [0.4, 0.5) is 8.78 Å². The number of alkyl halides is 2. The maximum absolute atomic E-state index is 12.4. The number of para-hydroxylation sites is 1. The third-order valence-corrected chi connectivity index (χ3v) is 4.16. The standard InChI is InChI=1S/C16H19F2N3O2/c17-16(18)22-13-8-4-1-5-10(13)9-14-20-15(23-21-14)11-6-2-3-7-12(11)19/h1,4-5,8,11-12,16H,2-3,6-7,9,19H2/t11-,12+/m0/s1. The molecular weight excluding hydrogens is 304 g/mol. The van der Waals surface area contributed by atoms with E-state index in [2.05, 4.69) is 14.9 Å². The van der Waals surface area contributed by atoms with Gasteiger partial charge in [0.05, 0.1) is 5.92 Å². The lowest BCUT2D eigenvalue weighted by molar-refractivity contribution is -0.0504. The first-order valence-electron chi connectivity index (χ1n) is 7.74. The van der Waals surface area contributed by atoms with E-state index in [9.17, 15) is 8.78 Å². The first-order valence-corrected chi connectivity index (χ1v) is 7.74. The first-order chi connectivity index (χ1) is 11.1. The number of aromatic nitrogens is 2. The molecular formula is C16H19F2N3O2. The van der Waals surface area contributed by atoms with Crippen LogP contribution in [-0.4, -0.2) is 22.8 Å². The molecule has 1 aliphatic rings. The van der Waals surface area contributed by atoms with E-state index in [0.29, 0.717) is 17.3 Å². The van der Waals surface area contributed by atoms with Gasteiger partial charge in [0.1, 0.15) is 5.75 Å². The zero-order chi connectivity index (χ0) is 16.2. The number of benzene rings is 1. The zero-order valence-corrected chi connectivity index (χ0v) is 12.6. The van der Waals surface area contributed by atoms with Crippen LogP contribution in [0.15, 0.2) is 28.8 Å². The third-order valence-electron chi connectivity index (χ3n) is 4.16. The molecule has 1 aromatic carbocycles. The molecule has 0 unspecified atom stereocenters. The van der Waals surface area contributed by atoms with Gasteiger partial charge in [0, 0.05) is 18.0 Å². The molecule has 1 fully saturated rings. The van der Waals surface area contributed by atoms with E-state index < -0.39 is 6.61 Å². The van der Waals surface area contributed by atoms with Gasteiger partial charge in [0.2, 0.25) is 5.89 Å². The number of ether oxygens (including phenoxy) is 1. The van der Waals surface area contributed by atoms with Crippen LogP contribution in [0.3, 0.4) is 0 Å². The number of hydrogen-bond donors (Lipinski definition) is 1. The normalized spacial score (nSPS) is 21.6. The highest BCUT2D eigenvalue weighted by atomic mass is 19.3. The van der Waals surface area contributed by atoms with Crippen molar-refractivity contribution < 1.29 is 18.0 Å². The highest BCUT2D eigenvalue weighted by Gasteiger charge is 2.28. The molecule has 0 aliphatic heterocycles. The Balaban J connectivity index is 1.74. The van der Waals surface area contributed by atoms with E-state index in [1.807, 2.05) is 0 Å². The molecule has 0 radical (unpaired) electrons. The van der Waals surface area contributed by atoms with Gasteiger partial charge in [0.25, 0.3) is 0 Å². The molecule has 0 saturated heterocycles. The third kappa shape index (κ3) is 3.85. The van der Waals surface area contributed by atoms with Crippen molar-refractivity contribution in [3.8, 4) is 5.75 Å². The molecule has 2 N–H and O–H groups in total. The van der Waals surface area contributed by atoms with Crippen LogP contribution in [0.25, 0.3) is 0 Å². The van der Waals surface area contributed by atoms with Crippen LogP contribution in [0.1, 0.15) is 48.9 Å². The molecule has 23 heavy (non-hydrogen) atoms. The van der Waals surface area contributed by atoms with Crippen molar-refractivity contribution in [2.45, 2.75) is 50.7 Å². The average molecular weight is 323 g/mol. The molecule has 0 spiro atoms. The monoisotopic (exact) mass is 323 g/mol. The topological polar surface area (TPSA) is 74.2 Å². The van der Waals surface area contributed by atoms with Crippen LogP contribution in [0.2, 0.25) is 0 Å². The summed E-state index contributed by atoms with van der Waals surface area (Å²) in [7, 11) is 0. The smallest absolute Gasteiger partial charge is 0.387 e. The lowest BCUT2D eigenvalue weighted by Crippen LogP contribution is -2.31. The van der Waals surface area contributed by atoms with Crippen molar-refractivity contribution in [2.24, 2.45) is 5.73 Å². The Kier molecular flexibility index (Phi) is 4.85. The summed E-state index contributed by atoms with van der Waals surface area (Å²) in [5.41, 5.74) is 6.71. The Hall–Kier alpha value is -2.02. The second-order valence-electron chi connectivity index (χ2n) is 5.77. The van der Waals surface area contributed by atoms with E-state index in [-0.39, 0.29) is 24.1 Å². The number of nitrogens with two attached hydrogens (primary N) is 1. The molecule has 5 nitrogen and oxygen atoms in total. The minimum absolute atomic E-state index is 0.0338. The van der Waals surface area contributed by atoms with E-state index in [1.54, 1.807) is 18.2 Å². The summed E-state index contributed by atoms with van der Waals surface area (Å²) < 4.78 is 34.7. The van der Waals surface area contributed by atoms with Crippen molar-refractivity contribution in [2.75, 3.05) is 0 Å². The number of halogens is 2. The van der Waals surface area contributed by atoms with Gasteiger partial charge >= 0.3 is 6.61 Å². The molecule has 1 saturated carbocycles. The van der Waals surface area contributed by atoms with E-state index in [1.165, 1.54) is 6.07 Å². The molecule has 1 aromatic heterocycles. The van der Waals surface area contributed by atoms with Gasteiger partial charge in [-0.2, -0.15) is 13.8 Å². The summed E-state index contributed by atoms with van der Waals surface area (Å²) in [5.74, 6) is 1.20. The fraction of sp³-hybridized carbons (Fsp3) is 0.500. The lowest BCUT2D eigenvalue weighted by atomic mass is 9.85. The summed E-state index contributed by atoms with van der Waals surface area (Å²) in [5, 5.41) is 3.96.